The van der Waals surface area contributed by atoms with Gasteiger partial charge in [-0.2, -0.15) is 0 Å². The first-order valence-electron chi connectivity index (χ1n) is 12.0. The first-order chi connectivity index (χ1) is 18.2. The summed E-state index contributed by atoms with van der Waals surface area (Å²) in [6, 6.07) is 19.0. The molecule has 8 heteroatoms. The molecule has 0 spiro atoms. The minimum atomic E-state index is -1.18. The van der Waals surface area contributed by atoms with Crippen molar-refractivity contribution >= 4 is 45.4 Å². The number of aliphatic carboxylic acids is 1. The quantitative estimate of drug-likeness (QED) is 0.257. The van der Waals surface area contributed by atoms with Crippen molar-refractivity contribution in [3.05, 3.63) is 105 Å². The van der Waals surface area contributed by atoms with Gasteiger partial charge >= 0.3 is 11.6 Å². The highest BCUT2D eigenvalue weighted by molar-refractivity contribution is 6.30. The average Bonchev–Trinajstić information content (AvgIpc) is 3.21. The summed E-state index contributed by atoms with van der Waals surface area (Å²) in [6.07, 6.45) is -0.244. The molecule has 0 saturated heterocycles. The minimum Gasteiger partial charge on any atom is -0.480 e. The van der Waals surface area contributed by atoms with E-state index in [-0.39, 0.29) is 18.4 Å². The van der Waals surface area contributed by atoms with Crippen molar-refractivity contribution in [2.45, 2.75) is 32.7 Å². The maximum atomic E-state index is 12.9. The third-order valence-corrected chi connectivity index (χ3v) is 6.91. The molecule has 1 atom stereocenters. The Kier molecular flexibility index (Phi) is 6.78. The number of rotatable bonds is 7. The van der Waals surface area contributed by atoms with Crippen LogP contribution >= 0.6 is 11.6 Å². The summed E-state index contributed by atoms with van der Waals surface area (Å²) in [7, 11) is 0. The number of carboxylic acids is 1. The van der Waals surface area contributed by atoms with Gasteiger partial charge in [0.25, 0.3) is 0 Å². The molecule has 2 heterocycles. The van der Waals surface area contributed by atoms with E-state index in [0.29, 0.717) is 32.7 Å². The molecule has 0 fully saturated rings. The van der Waals surface area contributed by atoms with Gasteiger partial charge < -0.3 is 19.3 Å². The third-order valence-electron chi connectivity index (χ3n) is 6.66. The Morgan fingerprint density at radius 1 is 0.947 bits per heavy atom. The Balaban J connectivity index is 1.47. The summed E-state index contributed by atoms with van der Waals surface area (Å²) in [5, 5.41) is 14.2. The number of aryl methyl sites for hydroxylation is 2. The molecule has 5 aromatic rings. The van der Waals surface area contributed by atoms with Gasteiger partial charge in [-0.3, -0.25) is 4.79 Å². The second-order valence-corrected chi connectivity index (χ2v) is 9.64. The number of hydrogen-bond acceptors (Lipinski definition) is 5. The topological polar surface area (TPSA) is 110 Å². The van der Waals surface area contributed by atoms with Crippen molar-refractivity contribution in [3.63, 3.8) is 0 Å². The van der Waals surface area contributed by atoms with Crippen molar-refractivity contribution in [2.75, 3.05) is 0 Å². The smallest absolute Gasteiger partial charge is 0.340 e. The van der Waals surface area contributed by atoms with E-state index in [1.54, 1.807) is 37.3 Å². The number of halogens is 1. The van der Waals surface area contributed by atoms with Crippen LogP contribution < -0.4 is 10.9 Å². The molecular formula is C30H24ClNO6. The zero-order valence-electron chi connectivity index (χ0n) is 20.7. The molecule has 3 aromatic carbocycles. The third kappa shape index (κ3) is 4.93. The number of benzene rings is 3. The van der Waals surface area contributed by atoms with E-state index in [4.69, 9.17) is 20.4 Å². The average molecular weight is 530 g/mol. The van der Waals surface area contributed by atoms with Crippen LogP contribution in [0.1, 0.15) is 22.5 Å². The number of hydrogen-bond donors (Lipinski definition) is 2. The first kappa shape index (κ1) is 25.3. The molecule has 0 radical (unpaired) electrons. The van der Waals surface area contributed by atoms with Crippen LogP contribution in [0.25, 0.3) is 33.1 Å². The zero-order chi connectivity index (χ0) is 27.0. The van der Waals surface area contributed by atoms with Gasteiger partial charge in [-0.1, -0.05) is 54.1 Å². The maximum absolute atomic E-state index is 12.9. The molecule has 0 aliphatic rings. The number of amides is 1. The van der Waals surface area contributed by atoms with Gasteiger partial charge in [0.15, 0.2) is 0 Å². The number of nitrogens with one attached hydrogen (secondary N) is 1. The van der Waals surface area contributed by atoms with E-state index in [1.165, 1.54) is 0 Å². The fourth-order valence-electron chi connectivity index (χ4n) is 4.73. The number of fused-ring (bicyclic) bond motifs is 2. The summed E-state index contributed by atoms with van der Waals surface area (Å²) >= 11 is 5.90. The van der Waals surface area contributed by atoms with Crippen molar-refractivity contribution in [2.24, 2.45) is 0 Å². The van der Waals surface area contributed by atoms with Gasteiger partial charge in [-0.25, -0.2) is 9.59 Å². The molecule has 0 aliphatic heterocycles. The van der Waals surface area contributed by atoms with E-state index in [9.17, 15) is 19.5 Å². The number of carbonyl (C=O) groups excluding carboxylic acids is 1. The normalized spacial score (nSPS) is 12.1. The lowest BCUT2D eigenvalue weighted by molar-refractivity contribution is -0.141. The van der Waals surface area contributed by atoms with E-state index in [0.717, 1.165) is 22.3 Å². The SMILES string of the molecule is Cc1oc2cc3oc(=O)c(CC(=O)NC(Cc4ccc(Cl)cc4)C(=O)O)c(C)c3cc2c1-c1ccccc1. The molecule has 7 nitrogen and oxygen atoms in total. The Labute approximate surface area is 222 Å². The van der Waals surface area contributed by atoms with Gasteiger partial charge in [-0.05, 0) is 48.7 Å². The van der Waals surface area contributed by atoms with E-state index >= 15 is 0 Å². The monoisotopic (exact) mass is 529 g/mol. The Morgan fingerprint density at radius 2 is 1.63 bits per heavy atom. The van der Waals surface area contributed by atoms with Crippen molar-refractivity contribution < 1.29 is 23.5 Å². The predicted molar refractivity (Wildman–Crippen MR) is 146 cm³/mol. The lowest BCUT2D eigenvalue weighted by Gasteiger charge is -2.15. The Morgan fingerprint density at radius 3 is 2.32 bits per heavy atom. The Bertz CT molecular complexity index is 1740. The molecule has 38 heavy (non-hydrogen) atoms. The molecule has 5 rings (SSSR count). The summed E-state index contributed by atoms with van der Waals surface area (Å²) in [4.78, 5) is 37.5. The molecule has 0 aliphatic carbocycles. The van der Waals surface area contributed by atoms with Crippen molar-refractivity contribution in [1.82, 2.24) is 5.32 Å². The summed E-state index contributed by atoms with van der Waals surface area (Å²) in [5.74, 6) is -1.03. The molecule has 1 amide bonds. The Hall–Kier alpha value is -4.36. The highest BCUT2D eigenvalue weighted by atomic mass is 35.5. The van der Waals surface area contributed by atoms with Gasteiger partial charge in [0.05, 0.1) is 12.0 Å². The summed E-state index contributed by atoms with van der Waals surface area (Å²) in [6.45, 7) is 3.64. The molecule has 2 aromatic heterocycles. The zero-order valence-corrected chi connectivity index (χ0v) is 21.5. The van der Waals surface area contributed by atoms with Crippen LogP contribution in [-0.4, -0.2) is 23.0 Å². The number of furan rings is 1. The highest BCUT2D eigenvalue weighted by Gasteiger charge is 2.23. The van der Waals surface area contributed by atoms with Crippen molar-refractivity contribution in [1.29, 1.82) is 0 Å². The highest BCUT2D eigenvalue weighted by Crippen LogP contribution is 2.37. The second kappa shape index (κ2) is 10.2. The van der Waals surface area contributed by atoms with Crippen molar-refractivity contribution in [3.8, 4) is 11.1 Å². The van der Waals surface area contributed by atoms with Crippen LogP contribution in [0.3, 0.4) is 0 Å². The summed E-state index contributed by atoms with van der Waals surface area (Å²) in [5.41, 5.74) is 3.70. The fraction of sp³-hybridized carbons (Fsp3) is 0.167. The molecule has 0 saturated carbocycles. The van der Waals surface area contributed by atoms with Crippen LogP contribution in [0.5, 0.6) is 0 Å². The molecule has 0 bridgehead atoms. The maximum Gasteiger partial charge on any atom is 0.340 e. The molecule has 192 valence electrons. The van der Waals surface area contributed by atoms with Gasteiger partial charge in [0.1, 0.15) is 23.0 Å². The van der Waals surface area contributed by atoms with Crippen LogP contribution in [0.4, 0.5) is 0 Å². The van der Waals surface area contributed by atoms with Gasteiger partial charge in [0.2, 0.25) is 5.91 Å². The lowest BCUT2D eigenvalue weighted by atomic mass is 9.98. The van der Waals surface area contributed by atoms with Crippen LogP contribution in [0.2, 0.25) is 5.02 Å². The molecule has 1 unspecified atom stereocenters. The van der Waals surface area contributed by atoms with Crippen LogP contribution in [0.15, 0.2) is 80.4 Å². The molecular weight excluding hydrogens is 506 g/mol. The minimum absolute atomic E-state index is 0.0731. The number of carbonyl (C=O) groups is 2. The van der Waals surface area contributed by atoms with E-state index < -0.39 is 23.5 Å². The van der Waals surface area contributed by atoms with Crippen LogP contribution in [-0.2, 0) is 22.4 Å². The number of carboxylic acid groups (broad SMARTS) is 1. The van der Waals surface area contributed by atoms with E-state index in [2.05, 4.69) is 5.32 Å². The first-order valence-corrected chi connectivity index (χ1v) is 12.4. The van der Waals surface area contributed by atoms with Crippen LogP contribution in [0, 0.1) is 13.8 Å². The fourth-order valence-corrected chi connectivity index (χ4v) is 4.86. The predicted octanol–water partition coefficient (Wildman–Crippen LogP) is 5.83. The van der Waals surface area contributed by atoms with Gasteiger partial charge in [0, 0.05) is 33.8 Å². The lowest BCUT2D eigenvalue weighted by Crippen LogP contribution is -2.43. The second-order valence-electron chi connectivity index (χ2n) is 9.20. The molecule has 2 N–H and O–H groups in total. The largest absolute Gasteiger partial charge is 0.480 e. The van der Waals surface area contributed by atoms with Gasteiger partial charge in [-0.15, -0.1) is 0 Å². The van der Waals surface area contributed by atoms with E-state index in [1.807, 2.05) is 43.3 Å². The standard InChI is InChI=1S/C30H24ClNO6/c1-16-21-13-23-26(37-17(2)28(23)19-6-4-3-5-7-19)15-25(21)38-30(36)22(16)14-27(33)32-24(29(34)35)12-18-8-10-20(31)11-9-18/h3-11,13,15,24H,12,14H2,1-2H3,(H,32,33)(H,34,35). The summed E-state index contributed by atoms with van der Waals surface area (Å²) < 4.78 is 11.5.